The van der Waals surface area contributed by atoms with Gasteiger partial charge in [0.1, 0.15) is 0 Å². The number of hydrogen-bond acceptors (Lipinski definition) is 3. The van der Waals surface area contributed by atoms with Crippen molar-refractivity contribution in [3.05, 3.63) is 60.7 Å². The first kappa shape index (κ1) is 14.5. The highest BCUT2D eigenvalue weighted by atomic mass is 14.5. The van der Waals surface area contributed by atoms with E-state index in [4.69, 9.17) is 16.7 Å². The Bertz CT molecular complexity index is 381. The first-order valence-electron chi connectivity index (χ1n) is 5.12. The summed E-state index contributed by atoms with van der Waals surface area (Å²) in [5, 5.41) is 7.32. The van der Waals surface area contributed by atoms with Gasteiger partial charge in [0.15, 0.2) is 0 Å². The lowest BCUT2D eigenvalue weighted by molar-refractivity contribution is 1.49. The van der Waals surface area contributed by atoms with E-state index in [0.29, 0.717) is 0 Å². The molecule has 0 unspecified atom stereocenters. The predicted octanol–water partition coefficient (Wildman–Crippen LogP) is 3.07. The average Bonchev–Trinajstić information content (AvgIpc) is 2.33. The van der Waals surface area contributed by atoms with E-state index in [-0.39, 0.29) is 0 Å². The summed E-state index contributed by atoms with van der Waals surface area (Å²) in [5.74, 6) is 0. The number of para-hydroxylation sites is 2. The van der Waals surface area contributed by atoms with E-state index in [2.05, 4.69) is 0 Å². The summed E-state index contributed by atoms with van der Waals surface area (Å²) in [7, 11) is 0. The van der Waals surface area contributed by atoms with Gasteiger partial charge in [-0.15, -0.1) is 0 Å². The van der Waals surface area contributed by atoms with Crippen LogP contribution in [-0.2, 0) is 0 Å². The highest BCUT2D eigenvalue weighted by Crippen LogP contribution is 1.96. The van der Waals surface area contributed by atoms with Crippen molar-refractivity contribution in [2.75, 3.05) is 11.5 Å². The molecular formula is C14H17N3. The molecule has 0 radical (unpaired) electrons. The number of benzene rings is 2. The molecule has 0 atom stereocenters. The highest BCUT2D eigenvalue weighted by molar-refractivity contribution is 5.36. The molecule has 0 spiro atoms. The Hall–Kier alpha value is -2.47. The molecule has 0 aliphatic heterocycles. The number of nitrogens with zero attached hydrogens (tertiary/aromatic N) is 1. The maximum atomic E-state index is 7.32. The monoisotopic (exact) mass is 227 g/mol. The highest BCUT2D eigenvalue weighted by Gasteiger charge is 1.72. The smallest absolute Gasteiger partial charge is 0.0587 e. The zero-order chi connectivity index (χ0) is 12.9. The van der Waals surface area contributed by atoms with E-state index in [1.54, 1.807) is 6.07 Å². The molecule has 3 heteroatoms. The minimum absolute atomic E-state index is 0.822. The van der Waals surface area contributed by atoms with Gasteiger partial charge in [-0.1, -0.05) is 36.4 Å². The lowest BCUT2D eigenvalue weighted by atomic mass is 10.3. The van der Waals surface area contributed by atoms with Gasteiger partial charge in [0, 0.05) is 18.3 Å². The SMILES string of the molecule is CC#N.Nc1ccccc1.Nc1ccccc1. The summed E-state index contributed by atoms with van der Waals surface area (Å²) in [4.78, 5) is 0. The van der Waals surface area contributed by atoms with Gasteiger partial charge in [-0.25, -0.2) is 0 Å². The second kappa shape index (κ2) is 10.1. The minimum atomic E-state index is 0.822. The Morgan fingerprint density at radius 3 is 1.12 bits per heavy atom. The molecule has 0 heterocycles. The maximum absolute atomic E-state index is 7.32. The standard InChI is InChI=1S/2C6H7N.C2H3N/c2*7-6-4-2-1-3-5-6;1-2-3/h2*1-5H,7H2;1H3. The summed E-state index contributed by atoms with van der Waals surface area (Å²) >= 11 is 0. The molecule has 4 N–H and O–H groups in total. The molecule has 0 aliphatic rings. The minimum Gasteiger partial charge on any atom is -0.399 e. The van der Waals surface area contributed by atoms with Gasteiger partial charge < -0.3 is 11.5 Å². The summed E-state index contributed by atoms with van der Waals surface area (Å²) in [6.07, 6.45) is 0. The number of anilines is 2. The first-order valence-corrected chi connectivity index (χ1v) is 5.12. The predicted molar refractivity (Wildman–Crippen MR) is 73.0 cm³/mol. The van der Waals surface area contributed by atoms with Gasteiger partial charge in [0.05, 0.1) is 6.07 Å². The van der Waals surface area contributed by atoms with Crippen molar-refractivity contribution in [3.8, 4) is 6.07 Å². The second-order valence-electron chi connectivity index (χ2n) is 3.04. The molecule has 0 saturated carbocycles. The first-order chi connectivity index (χ1) is 8.20. The van der Waals surface area contributed by atoms with Gasteiger partial charge in [0.25, 0.3) is 0 Å². The molecule has 2 rings (SSSR count). The van der Waals surface area contributed by atoms with Crippen molar-refractivity contribution >= 4 is 11.4 Å². The number of nitriles is 1. The normalized spacial score (nSPS) is 7.53. The number of hydrogen-bond donors (Lipinski definition) is 2. The Labute approximate surface area is 102 Å². The Kier molecular flexibility index (Phi) is 8.60. The molecule has 0 fully saturated rings. The topological polar surface area (TPSA) is 75.8 Å². The molecule has 0 bridgehead atoms. The maximum Gasteiger partial charge on any atom is 0.0587 e. The molecule has 0 amide bonds. The molecule has 88 valence electrons. The Balaban J connectivity index is 0.000000247. The van der Waals surface area contributed by atoms with Gasteiger partial charge in [-0.2, -0.15) is 5.26 Å². The number of nitrogen functional groups attached to an aromatic ring is 2. The van der Waals surface area contributed by atoms with Gasteiger partial charge >= 0.3 is 0 Å². The average molecular weight is 227 g/mol. The van der Waals surface area contributed by atoms with E-state index in [9.17, 15) is 0 Å². The van der Waals surface area contributed by atoms with Crippen LogP contribution in [0.2, 0.25) is 0 Å². The number of rotatable bonds is 0. The van der Waals surface area contributed by atoms with Crippen molar-refractivity contribution in [1.29, 1.82) is 5.26 Å². The van der Waals surface area contributed by atoms with Crippen LogP contribution in [0.5, 0.6) is 0 Å². The fraction of sp³-hybridized carbons (Fsp3) is 0.0714. The molecule has 3 nitrogen and oxygen atoms in total. The zero-order valence-corrected chi connectivity index (χ0v) is 9.88. The number of nitrogens with two attached hydrogens (primary N) is 2. The van der Waals surface area contributed by atoms with E-state index in [0.717, 1.165) is 11.4 Å². The van der Waals surface area contributed by atoms with Crippen LogP contribution in [0.3, 0.4) is 0 Å². The van der Waals surface area contributed by atoms with Crippen LogP contribution in [0, 0.1) is 11.3 Å². The summed E-state index contributed by atoms with van der Waals surface area (Å²) in [5.41, 5.74) is 12.4. The zero-order valence-electron chi connectivity index (χ0n) is 9.88. The summed E-state index contributed by atoms with van der Waals surface area (Å²) in [6, 6.07) is 20.7. The van der Waals surface area contributed by atoms with E-state index >= 15 is 0 Å². The van der Waals surface area contributed by atoms with Gasteiger partial charge in [-0.3, -0.25) is 0 Å². The quantitative estimate of drug-likeness (QED) is 0.679. The van der Waals surface area contributed by atoms with Crippen LogP contribution in [0.1, 0.15) is 6.92 Å². The fourth-order valence-corrected chi connectivity index (χ4v) is 0.906. The van der Waals surface area contributed by atoms with Crippen molar-refractivity contribution in [2.24, 2.45) is 0 Å². The lowest BCUT2D eigenvalue weighted by Crippen LogP contribution is -1.79. The van der Waals surface area contributed by atoms with E-state index in [1.165, 1.54) is 6.92 Å². The summed E-state index contributed by atoms with van der Waals surface area (Å²) in [6.45, 7) is 1.43. The molecule has 2 aromatic carbocycles. The molecule has 0 aliphatic carbocycles. The van der Waals surface area contributed by atoms with E-state index in [1.807, 2.05) is 60.7 Å². The van der Waals surface area contributed by atoms with Crippen LogP contribution >= 0.6 is 0 Å². The van der Waals surface area contributed by atoms with Crippen molar-refractivity contribution in [1.82, 2.24) is 0 Å². The molecule has 17 heavy (non-hydrogen) atoms. The largest absolute Gasteiger partial charge is 0.399 e. The van der Waals surface area contributed by atoms with Crippen molar-refractivity contribution < 1.29 is 0 Å². The third kappa shape index (κ3) is 9.83. The summed E-state index contributed by atoms with van der Waals surface area (Å²) < 4.78 is 0. The molecular weight excluding hydrogens is 210 g/mol. The van der Waals surface area contributed by atoms with Gasteiger partial charge in [-0.05, 0) is 24.3 Å². The fourth-order valence-electron chi connectivity index (χ4n) is 0.906. The van der Waals surface area contributed by atoms with Crippen LogP contribution in [0.25, 0.3) is 0 Å². The lowest BCUT2D eigenvalue weighted by Gasteiger charge is -1.83. The van der Waals surface area contributed by atoms with Crippen molar-refractivity contribution in [3.63, 3.8) is 0 Å². The molecule has 2 aromatic rings. The van der Waals surface area contributed by atoms with Crippen LogP contribution in [0.4, 0.5) is 11.4 Å². The Morgan fingerprint density at radius 1 is 0.765 bits per heavy atom. The van der Waals surface area contributed by atoms with Crippen molar-refractivity contribution in [2.45, 2.75) is 6.92 Å². The third-order valence-corrected chi connectivity index (χ3v) is 1.60. The van der Waals surface area contributed by atoms with Gasteiger partial charge in [0.2, 0.25) is 0 Å². The molecule has 0 aromatic heterocycles. The van der Waals surface area contributed by atoms with Crippen LogP contribution in [-0.4, -0.2) is 0 Å². The van der Waals surface area contributed by atoms with Crippen LogP contribution < -0.4 is 11.5 Å². The Morgan fingerprint density at radius 2 is 1.00 bits per heavy atom. The third-order valence-electron chi connectivity index (χ3n) is 1.60. The molecule has 0 saturated heterocycles. The second-order valence-corrected chi connectivity index (χ2v) is 3.04. The van der Waals surface area contributed by atoms with Crippen LogP contribution in [0.15, 0.2) is 60.7 Å². The van der Waals surface area contributed by atoms with E-state index < -0.39 is 0 Å².